The van der Waals surface area contributed by atoms with Crippen molar-refractivity contribution < 1.29 is 22.4 Å². The Morgan fingerprint density at radius 1 is 1.16 bits per heavy atom. The minimum absolute atomic E-state index is 0.0344. The number of hydrogen-bond acceptors (Lipinski definition) is 2. The van der Waals surface area contributed by atoms with Gasteiger partial charge in [0.05, 0.1) is 11.3 Å². The predicted octanol–water partition coefficient (Wildman–Crippen LogP) is 5.12. The van der Waals surface area contributed by atoms with Crippen LogP contribution in [-0.2, 0) is 6.18 Å². The standard InChI is InChI=1S/C17H14F4N2OS/c18-13-6-1-2-7-14(13)22-16(24)23-8-9-25-15(23)11-4-3-5-12(10-11)17(19,20)21/h1-7,10,15H,8-9H2,(H,22,24)/t15-/m0/s1. The SMILES string of the molecule is O=C(Nc1ccccc1F)N1CCS[C@H]1c1cccc(C(F)(F)F)c1. The number of nitrogens with one attached hydrogen (secondary N) is 1. The Morgan fingerprint density at radius 3 is 2.64 bits per heavy atom. The van der Waals surface area contributed by atoms with E-state index in [-0.39, 0.29) is 5.69 Å². The van der Waals surface area contributed by atoms with Crippen LogP contribution in [0.5, 0.6) is 0 Å². The number of amides is 2. The van der Waals surface area contributed by atoms with E-state index in [0.717, 1.165) is 12.1 Å². The maximum atomic E-state index is 13.7. The van der Waals surface area contributed by atoms with Crippen molar-refractivity contribution in [3.63, 3.8) is 0 Å². The Kier molecular flexibility index (Phi) is 4.89. The molecular formula is C17H14F4N2OS. The van der Waals surface area contributed by atoms with Crippen LogP contribution < -0.4 is 5.32 Å². The zero-order valence-corrected chi connectivity index (χ0v) is 13.7. The van der Waals surface area contributed by atoms with Crippen LogP contribution in [0.4, 0.5) is 28.0 Å². The van der Waals surface area contributed by atoms with E-state index in [1.807, 2.05) is 0 Å². The number of alkyl halides is 3. The van der Waals surface area contributed by atoms with Crippen molar-refractivity contribution in [3.8, 4) is 0 Å². The van der Waals surface area contributed by atoms with Crippen LogP contribution >= 0.6 is 11.8 Å². The molecule has 0 bridgehead atoms. The Labute approximate surface area is 146 Å². The highest BCUT2D eigenvalue weighted by Crippen LogP contribution is 2.40. The summed E-state index contributed by atoms with van der Waals surface area (Å²) in [6.45, 7) is 0.367. The van der Waals surface area contributed by atoms with Crippen molar-refractivity contribution in [3.05, 3.63) is 65.5 Å². The molecule has 0 saturated carbocycles. The van der Waals surface area contributed by atoms with Gasteiger partial charge in [0.15, 0.2) is 0 Å². The summed E-state index contributed by atoms with van der Waals surface area (Å²) in [6, 6.07) is 10.1. The molecule has 2 aromatic rings. The molecule has 1 heterocycles. The van der Waals surface area contributed by atoms with Crippen molar-refractivity contribution >= 4 is 23.5 Å². The Morgan fingerprint density at radius 2 is 1.92 bits per heavy atom. The van der Waals surface area contributed by atoms with Crippen LogP contribution in [-0.4, -0.2) is 23.2 Å². The molecule has 25 heavy (non-hydrogen) atoms. The molecule has 1 fully saturated rings. The van der Waals surface area contributed by atoms with E-state index >= 15 is 0 Å². The van der Waals surface area contributed by atoms with E-state index in [4.69, 9.17) is 0 Å². The molecule has 1 N–H and O–H groups in total. The molecule has 0 radical (unpaired) electrons. The summed E-state index contributed by atoms with van der Waals surface area (Å²) in [6.07, 6.45) is -4.44. The molecule has 0 aromatic heterocycles. The molecule has 1 aliphatic heterocycles. The molecule has 1 atom stereocenters. The molecule has 0 unspecified atom stereocenters. The van der Waals surface area contributed by atoms with Crippen molar-refractivity contribution in [2.24, 2.45) is 0 Å². The Hall–Kier alpha value is -2.22. The van der Waals surface area contributed by atoms with Crippen molar-refractivity contribution in [1.82, 2.24) is 4.90 Å². The number of carbonyl (C=O) groups is 1. The Bertz CT molecular complexity index is 781. The number of urea groups is 1. The first-order valence-electron chi connectivity index (χ1n) is 7.47. The van der Waals surface area contributed by atoms with Gasteiger partial charge in [0, 0.05) is 12.3 Å². The number of halogens is 4. The molecule has 1 saturated heterocycles. The number of carbonyl (C=O) groups excluding carboxylic acids is 1. The molecule has 3 nitrogen and oxygen atoms in total. The molecule has 3 rings (SSSR count). The predicted molar refractivity (Wildman–Crippen MR) is 88.8 cm³/mol. The van der Waals surface area contributed by atoms with Crippen LogP contribution in [0, 0.1) is 5.82 Å². The summed E-state index contributed by atoms with van der Waals surface area (Å²) < 4.78 is 52.4. The number of rotatable bonds is 2. The molecule has 0 spiro atoms. The summed E-state index contributed by atoms with van der Waals surface area (Å²) in [4.78, 5) is 13.9. The second-order valence-electron chi connectivity index (χ2n) is 5.45. The largest absolute Gasteiger partial charge is 0.416 e. The maximum Gasteiger partial charge on any atom is 0.416 e. The molecule has 2 aromatic carbocycles. The minimum atomic E-state index is -4.44. The number of anilines is 1. The van der Waals surface area contributed by atoms with E-state index in [2.05, 4.69) is 5.32 Å². The normalized spacial score (nSPS) is 17.6. The molecule has 0 aliphatic carbocycles. The molecule has 1 aliphatic rings. The zero-order chi connectivity index (χ0) is 18.0. The van der Waals surface area contributed by atoms with Crippen molar-refractivity contribution in [2.75, 3.05) is 17.6 Å². The second-order valence-corrected chi connectivity index (χ2v) is 6.64. The lowest BCUT2D eigenvalue weighted by atomic mass is 10.1. The van der Waals surface area contributed by atoms with Gasteiger partial charge in [0.1, 0.15) is 11.2 Å². The van der Waals surface area contributed by atoms with E-state index in [1.54, 1.807) is 12.1 Å². The monoisotopic (exact) mass is 370 g/mol. The average Bonchev–Trinajstić information content (AvgIpc) is 3.06. The number of thioether (sulfide) groups is 1. The number of benzene rings is 2. The molecule has 2 amide bonds. The second kappa shape index (κ2) is 6.95. The van der Waals surface area contributed by atoms with Gasteiger partial charge in [-0.2, -0.15) is 13.2 Å². The fourth-order valence-corrected chi connectivity index (χ4v) is 3.82. The van der Waals surface area contributed by atoms with E-state index in [0.29, 0.717) is 17.9 Å². The minimum Gasteiger partial charge on any atom is -0.308 e. The van der Waals surface area contributed by atoms with Gasteiger partial charge >= 0.3 is 12.2 Å². The first-order valence-corrected chi connectivity index (χ1v) is 8.52. The van der Waals surface area contributed by atoms with Gasteiger partial charge in [-0.05, 0) is 29.8 Å². The van der Waals surface area contributed by atoms with Crippen LogP contribution in [0.1, 0.15) is 16.5 Å². The van der Waals surface area contributed by atoms with Gasteiger partial charge in [-0.3, -0.25) is 0 Å². The van der Waals surface area contributed by atoms with Crippen LogP contribution in [0.3, 0.4) is 0 Å². The van der Waals surface area contributed by atoms with Gasteiger partial charge in [-0.25, -0.2) is 9.18 Å². The fraction of sp³-hybridized carbons (Fsp3) is 0.235. The topological polar surface area (TPSA) is 32.3 Å². The first-order chi connectivity index (χ1) is 11.9. The van der Waals surface area contributed by atoms with Gasteiger partial charge in [0.25, 0.3) is 0 Å². The highest BCUT2D eigenvalue weighted by atomic mass is 32.2. The Balaban J connectivity index is 1.81. The molecular weight excluding hydrogens is 356 g/mol. The third-order valence-corrected chi connectivity index (χ3v) is 5.03. The average molecular weight is 370 g/mol. The van der Waals surface area contributed by atoms with Gasteiger partial charge in [-0.15, -0.1) is 11.8 Å². The summed E-state index contributed by atoms with van der Waals surface area (Å²) in [5.74, 6) is 0.0179. The van der Waals surface area contributed by atoms with Gasteiger partial charge < -0.3 is 10.2 Å². The quantitative estimate of drug-likeness (QED) is 0.744. The van der Waals surface area contributed by atoms with Crippen LogP contribution in [0.2, 0.25) is 0 Å². The third kappa shape index (κ3) is 3.89. The summed E-state index contributed by atoms with van der Waals surface area (Å²) in [7, 11) is 0. The maximum absolute atomic E-state index is 13.7. The van der Waals surface area contributed by atoms with Gasteiger partial charge in [-0.1, -0.05) is 24.3 Å². The molecule has 8 heteroatoms. The smallest absolute Gasteiger partial charge is 0.308 e. The number of hydrogen-bond donors (Lipinski definition) is 1. The van der Waals surface area contributed by atoms with Crippen LogP contribution in [0.15, 0.2) is 48.5 Å². The van der Waals surface area contributed by atoms with Gasteiger partial charge in [0.2, 0.25) is 0 Å². The zero-order valence-electron chi connectivity index (χ0n) is 12.9. The van der Waals surface area contributed by atoms with Crippen molar-refractivity contribution in [2.45, 2.75) is 11.6 Å². The third-order valence-electron chi connectivity index (χ3n) is 3.77. The molecule has 132 valence electrons. The first kappa shape index (κ1) is 17.6. The highest BCUT2D eigenvalue weighted by Gasteiger charge is 2.34. The van der Waals surface area contributed by atoms with E-state index in [1.165, 1.54) is 40.9 Å². The highest BCUT2D eigenvalue weighted by molar-refractivity contribution is 7.99. The number of para-hydroxylation sites is 1. The lowest BCUT2D eigenvalue weighted by Gasteiger charge is -2.25. The number of nitrogens with zero attached hydrogens (tertiary/aromatic N) is 1. The van der Waals surface area contributed by atoms with E-state index in [9.17, 15) is 22.4 Å². The summed E-state index contributed by atoms with van der Waals surface area (Å²) >= 11 is 1.37. The van der Waals surface area contributed by atoms with Crippen LogP contribution in [0.25, 0.3) is 0 Å². The summed E-state index contributed by atoms with van der Waals surface area (Å²) in [5.41, 5.74) is -0.333. The van der Waals surface area contributed by atoms with E-state index < -0.39 is 29.0 Å². The fourth-order valence-electron chi connectivity index (χ4n) is 2.57. The van der Waals surface area contributed by atoms with Crippen molar-refractivity contribution in [1.29, 1.82) is 0 Å². The lowest BCUT2D eigenvalue weighted by Crippen LogP contribution is -2.34. The lowest BCUT2D eigenvalue weighted by molar-refractivity contribution is -0.137. The summed E-state index contributed by atoms with van der Waals surface area (Å²) in [5, 5.41) is 1.93.